The maximum absolute atomic E-state index is 13.8. The van der Waals surface area contributed by atoms with Crippen LogP contribution in [-0.2, 0) is 0 Å². The van der Waals surface area contributed by atoms with Crippen LogP contribution in [0.4, 0.5) is 4.39 Å². The standard InChI is InChI=1S/C15H16BrFN2OS/c16-12-9-10(17)8-11(15(12)20)14(13-2-1-7-21-13)19-5-3-18-4-6-19/h1-2,7-9,14,18,20H,3-6H2/t14-/m1/s1. The van der Waals surface area contributed by atoms with Gasteiger partial charge >= 0.3 is 0 Å². The van der Waals surface area contributed by atoms with E-state index in [1.54, 1.807) is 11.3 Å². The zero-order chi connectivity index (χ0) is 14.8. The molecule has 21 heavy (non-hydrogen) atoms. The summed E-state index contributed by atoms with van der Waals surface area (Å²) in [4.78, 5) is 3.40. The van der Waals surface area contributed by atoms with E-state index in [0.29, 0.717) is 10.0 Å². The maximum atomic E-state index is 13.8. The van der Waals surface area contributed by atoms with Crippen molar-refractivity contribution in [2.24, 2.45) is 0 Å². The van der Waals surface area contributed by atoms with Crippen molar-refractivity contribution in [1.82, 2.24) is 10.2 Å². The molecule has 2 heterocycles. The first kappa shape index (κ1) is 15.0. The molecule has 6 heteroatoms. The first-order valence-electron chi connectivity index (χ1n) is 6.83. The summed E-state index contributed by atoms with van der Waals surface area (Å²) in [6, 6.07) is 6.64. The van der Waals surface area contributed by atoms with Crippen molar-refractivity contribution in [2.75, 3.05) is 26.2 Å². The van der Waals surface area contributed by atoms with Crippen LogP contribution in [-0.4, -0.2) is 36.2 Å². The largest absolute Gasteiger partial charge is 0.506 e. The van der Waals surface area contributed by atoms with Crippen LogP contribution in [0, 0.1) is 5.82 Å². The Labute approximate surface area is 135 Å². The van der Waals surface area contributed by atoms with E-state index in [4.69, 9.17) is 0 Å². The number of rotatable bonds is 3. The second-order valence-corrected chi connectivity index (χ2v) is 6.86. The van der Waals surface area contributed by atoms with Gasteiger partial charge in [0.25, 0.3) is 0 Å². The van der Waals surface area contributed by atoms with Crippen molar-refractivity contribution in [1.29, 1.82) is 0 Å². The SMILES string of the molecule is Oc1c(Br)cc(F)cc1[C@H](c1cccs1)N1CCNCC1. The number of nitrogens with one attached hydrogen (secondary N) is 1. The molecular weight excluding hydrogens is 355 g/mol. The molecule has 1 atom stereocenters. The zero-order valence-corrected chi connectivity index (χ0v) is 13.8. The van der Waals surface area contributed by atoms with Gasteiger partial charge in [-0.15, -0.1) is 11.3 Å². The van der Waals surface area contributed by atoms with Crippen LogP contribution < -0.4 is 5.32 Å². The number of thiophene rings is 1. The number of nitrogens with zero attached hydrogens (tertiary/aromatic N) is 1. The first-order valence-corrected chi connectivity index (χ1v) is 8.50. The third-order valence-corrected chi connectivity index (χ3v) is 5.21. The number of hydrogen-bond acceptors (Lipinski definition) is 4. The fourth-order valence-corrected chi connectivity index (χ4v) is 4.04. The molecule has 0 bridgehead atoms. The molecule has 2 N–H and O–H groups in total. The van der Waals surface area contributed by atoms with E-state index in [9.17, 15) is 9.50 Å². The average Bonchev–Trinajstić information content (AvgIpc) is 2.99. The molecule has 0 saturated carbocycles. The predicted molar refractivity (Wildman–Crippen MR) is 86.4 cm³/mol. The maximum Gasteiger partial charge on any atom is 0.135 e. The summed E-state index contributed by atoms with van der Waals surface area (Å²) in [6.07, 6.45) is 0. The number of aromatic hydroxyl groups is 1. The third-order valence-electron chi connectivity index (χ3n) is 3.68. The number of halogens is 2. The highest BCUT2D eigenvalue weighted by Crippen LogP contribution is 2.40. The zero-order valence-electron chi connectivity index (χ0n) is 11.4. The molecule has 0 spiro atoms. The van der Waals surface area contributed by atoms with Crippen LogP contribution >= 0.6 is 27.3 Å². The minimum absolute atomic E-state index is 0.112. The van der Waals surface area contributed by atoms with Crippen molar-refractivity contribution in [3.8, 4) is 5.75 Å². The lowest BCUT2D eigenvalue weighted by atomic mass is 10.0. The Morgan fingerprint density at radius 2 is 2.10 bits per heavy atom. The van der Waals surface area contributed by atoms with Gasteiger partial charge in [0.05, 0.1) is 10.5 Å². The number of phenols is 1. The van der Waals surface area contributed by atoms with E-state index >= 15 is 0 Å². The monoisotopic (exact) mass is 370 g/mol. The molecule has 0 amide bonds. The molecule has 0 aliphatic carbocycles. The smallest absolute Gasteiger partial charge is 0.135 e. The Morgan fingerprint density at radius 1 is 1.33 bits per heavy atom. The fraction of sp³-hybridized carbons (Fsp3) is 0.333. The summed E-state index contributed by atoms with van der Waals surface area (Å²) in [5, 5.41) is 15.7. The van der Waals surface area contributed by atoms with Crippen LogP contribution in [0.5, 0.6) is 5.75 Å². The molecule has 1 aromatic carbocycles. The van der Waals surface area contributed by atoms with Gasteiger partial charge in [0.15, 0.2) is 0 Å². The Bertz CT molecular complexity index is 614. The highest BCUT2D eigenvalue weighted by molar-refractivity contribution is 9.10. The molecule has 1 saturated heterocycles. The Kier molecular flexibility index (Phi) is 4.59. The lowest BCUT2D eigenvalue weighted by Gasteiger charge is -2.35. The van der Waals surface area contributed by atoms with E-state index < -0.39 is 0 Å². The van der Waals surface area contributed by atoms with Gasteiger partial charge in [-0.3, -0.25) is 4.90 Å². The first-order chi connectivity index (χ1) is 10.2. The van der Waals surface area contributed by atoms with E-state index in [0.717, 1.165) is 31.1 Å². The molecule has 2 aromatic rings. The van der Waals surface area contributed by atoms with E-state index in [1.807, 2.05) is 17.5 Å². The van der Waals surface area contributed by atoms with Crippen LogP contribution in [0.1, 0.15) is 16.5 Å². The molecule has 1 aliphatic heterocycles. The molecule has 1 aliphatic rings. The topological polar surface area (TPSA) is 35.5 Å². The summed E-state index contributed by atoms with van der Waals surface area (Å²) in [6.45, 7) is 3.55. The predicted octanol–water partition coefficient (Wildman–Crippen LogP) is 3.35. The van der Waals surface area contributed by atoms with Crippen LogP contribution in [0.25, 0.3) is 0 Å². The van der Waals surface area contributed by atoms with Gasteiger partial charge in [-0.2, -0.15) is 0 Å². The molecule has 3 rings (SSSR count). The number of benzene rings is 1. The fourth-order valence-electron chi connectivity index (χ4n) is 2.71. The summed E-state index contributed by atoms with van der Waals surface area (Å²) in [5.41, 5.74) is 0.617. The second-order valence-electron chi connectivity index (χ2n) is 5.03. The summed E-state index contributed by atoms with van der Waals surface area (Å²) in [7, 11) is 0. The van der Waals surface area contributed by atoms with Crippen molar-refractivity contribution in [2.45, 2.75) is 6.04 Å². The number of phenolic OH excluding ortho intramolecular Hbond substituents is 1. The van der Waals surface area contributed by atoms with Gasteiger partial charge in [-0.05, 0) is 39.5 Å². The average molecular weight is 371 g/mol. The summed E-state index contributed by atoms with van der Waals surface area (Å²) >= 11 is 4.86. The molecule has 112 valence electrons. The van der Waals surface area contributed by atoms with Crippen LogP contribution in [0.2, 0.25) is 0 Å². The van der Waals surface area contributed by atoms with Crippen molar-refractivity contribution in [3.63, 3.8) is 0 Å². The highest BCUT2D eigenvalue weighted by Gasteiger charge is 2.28. The Hall–Kier alpha value is -0.950. The summed E-state index contributed by atoms with van der Waals surface area (Å²) < 4.78 is 14.2. The lowest BCUT2D eigenvalue weighted by Crippen LogP contribution is -2.45. The lowest BCUT2D eigenvalue weighted by molar-refractivity contribution is 0.197. The molecule has 3 nitrogen and oxygen atoms in total. The minimum atomic E-state index is -0.341. The second kappa shape index (κ2) is 6.44. The number of piperazine rings is 1. The number of hydrogen-bond donors (Lipinski definition) is 2. The summed E-state index contributed by atoms with van der Waals surface area (Å²) in [5.74, 6) is -0.223. The van der Waals surface area contributed by atoms with E-state index in [-0.39, 0.29) is 17.6 Å². The Balaban J connectivity index is 2.07. The normalized spacial score (nSPS) is 17.8. The van der Waals surface area contributed by atoms with Crippen LogP contribution in [0.15, 0.2) is 34.1 Å². The van der Waals surface area contributed by atoms with Gasteiger partial charge in [-0.1, -0.05) is 6.07 Å². The van der Waals surface area contributed by atoms with E-state index in [1.165, 1.54) is 12.1 Å². The van der Waals surface area contributed by atoms with Crippen molar-refractivity contribution >= 4 is 27.3 Å². The molecule has 0 unspecified atom stereocenters. The van der Waals surface area contributed by atoms with Crippen LogP contribution in [0.3, 0.4) is 0 Å². The van der Waals surface area contributed by atoms with Gasteiger partial charge in [0, 0.05) is 36.6 Å². The van der Waals surface area contributed by atoms with Gasteiger partial charge in [-0.25, -0.2) is 4.39 Å². The molecule has 1 aromatic heterocycles. The van der Waals surface area contributed by atoms with Crippen molar-refractivity contribution < 1.29 is 9.50 Å². The van der Waals surface area contributed by atoms with Gasteiger partial charge < -0.3 is 10.4 Å². The molecule has 0 radical (unpaired) electrons. The van der Waals surface area contributed by atoms with Gasteiger partial charge in [0.2, 0.25) is 0 Å². The van der Waals surface area contributed by atoms with E-state index in [2.05, 4.69) is 26.1 Å². The minimum Gasteiger partial charge on any atom is -0.506 e. The third kappa shape index (κ3) is 3.13. The molecular formula is C15H16BrFN2OS. The quantitative estimate of drug-likeness (QED) is 0.869. The Morgan fingerprint density at radius 3 is 2.76 bits per heavy atom. The molecule has 1 fully saturated rings. The highest BCUT2D eigenvalue weighted by atomic mass is 79.9. The van der Waals surface area contributed by atoms with Gasteiger partial charge in [0.1, 0.15) is 11.6 Å². The van der Waals surface area contributed by atoms with Crippen molar-refractivity contribution in [3.05, 3.63) is 50.4 Å².